The largest absolute Gasteiger partial charge is 0.332 e. The molecule has 0 radical (unpaired) electrons. The Bertz CT molecular complexity index is 202. The number of amides is 1. The van der Waals surface area contributed by atoms with Crippen molar-refractivity contribution < 1.29 is 4.79 Å². The first-order valence-electron chi connectivity index (χ1n) is 5.29. The van der Waals surface area contributed by atoms with Gasteiger partial charge in [0.15, 0.2) is 0 Å². The summed E-state index contributed by atoms with van der Waals surface area (Å²) in [6.45, 7) is 4.36. The maximum Gasteiger partial charge on any atom is 0.226 e. The summed E-state index contributed by atoms with van der Waals surface area (Å²) >= 11 is 0. The summed E-state index contributed by atoms with van der Waals surface area (Å²) in [6.07, 6.45) is 3.92. The van der Waals surface area contributed by atoms with Crippen LogP contribution in [0.1, 0.15) is 39.5 Å². The number of carbonyl (C=O) groups is 1. The molecule has 14 heavy (non-hydrogen) atoms. The molecule has 1 amide bonds. The molecular weight excluding hydrogens is 176 g/mol. The van der Waals surface area contributed by atoms with E-state index < -0.39 is 0 Å². The van der Waals surface area contributed by atoms with Crippen molar-refractivity contribution in [2.75, 3.05) is 13.6 Å². The van der Waals surface area contributed by atoms with E-state index >= 15 is 0 Å². The molecular formula is C11H20N2O. The highest BCUT2D eigenvalue weighted by molar-refractivity contribution is 5.78. The maximum absolute atomic E-state index is 11.8. The second-order valence-electron chi connectivity index (χ2n) is 3.63. The van der Waals surface area contributed by atoms with Crippen molar-refractivity contribution in [1.29, 1.82) is 5.26 Å². The minimum Gasteiger partial charge on any atom is -0.332 e. The summed E-state index contributed by atoms with van der Waals surface area (Å²) in [5.41, 5.74) is 0. The number of hydrogen-bond acceptors (Lipinski definition) is 2. The molecule has 0 aromatic carbocycles. The normalized spacial score (nSPS) is 9.93. The Morgan fingerprint density at radius 2 is 1.86 bits per heavy atom. The van der Waals surface area contributed by atoms with Crippen LogP contribution in [-0.4, -0.2) is 24.4 Å². The highest BCUT2D eigenvalue weighted by atomic mass is 16.2. The van der Waals surface area contributed by atoms with E-state index in [1.165, 1.54) is 4.90 Å². The molecule has 0 aromatic rings. The van der Waals surface area contributed by atoms with Crippen molar-refractivity contribution >= 4 is 5.91 Å². The molecule has 0 fully saturated rings. The van der Waals surface area contributed by atoms with Crippen molar-refractivity contribution in [1.82, 2.24) is 4.90 Å². The number of nitrogens with zero attached hydrogens (tertiary/aromatic N) is 2. The number of nitriles is 1. The average molecular weight is 196 g/mol. The summed E-state index contributed by atoms with van der Waals surface area (Å²) < 4.78 is 0. The average Bonchev–Trinajstić information content (AvgIpc) is 2.17. The van der Waals surface area contributed by atoms with E-state index in [-0.39, 0.29) is 18.4 Å². The standard InChI is InChI=1S/C11H20N2O/c1-4-6-10(7-5-2)11(14)13(3)9-8-12/h10H,4-7,9H2,1-3H3. The fraction of sp³-hybridized carbons (Fsp3) is 0.818. The fourth-order valence-corrected chi connectivity index (χ4v) is 1.58. The van der Waals surface area contributed by atoms with E-state index in [1.807, 2.05) is 6.07 Å². The predicted molar refractivity (Wildman–Crippen MR) is 56.6 cm³/mol. The Labute approximate surface area is 86.7 Å². The highest BCUT2D eigenvalue weighted by Gasteiger charge is 2.19. The molecule has 0 unspecified atom stereocenters. The molecule has 0 aromatic heterocycles. The molecule has 0 heterocycles. The molecule has 3 nitrogen and oxygen atoms in total. The molecule has 0 bridgehead atoms. The third kappa shape index (κ3) is 4.27. The van der Waals surface area contributed by atoms with Crippen LogP contribution in [0.2, 0.25) is 0 Å². The lowest BCUT2D eigenvalue weighted by Crippen LogP contribution is -2.33. The predicted octanol–water partition coefficient (Wildman–Crippen LogP) is 2.18. The first-order valence-corrected chi connectivity index (χ1v) is 5.29. The van der Waals surface area contributed by atoms with Gasteiger partial charge in [0.05, 0.1) is 6.07 Å². The van der Waals surface area contributed by atoms with Crippen LogP contribution in [0, 0.1) is 17.2 Å². The van der Waals surface area contributed by atoms with Gasteiger partial charge < -0.3 is 4.90 Å². The third-order valence-electron chi connectivity index (χ3n) is 2.31. The summed E-state index contributed by atoms with van der Waals surface area (Å²) in [5.74, 6) is 0.235. The van der Waals surface area contributed by atoms with Crippen LogP contribution in [0.5, 0.6) is 0 Å². The molecule has 0 atom stereocenters. The summed E-state index contributed by atoms with van der Waals surface area (Å²) in [4.78, 5) is 13.3. The molecule has 0 N–H and O–H groups in total. The van der Waals surface area contributed by atoms with Gasteiger partial charge in [0.25, 0.3) is 0 Å². The second-order valence-corrected chi connectivity index (χ2v) is 3.63. The van der Waals surface area contributed by atoms with E-state index in [0.717, 1.165) is 25.7 Å². The number of carbonyl (C=O) groups excluding carboxylic acids is 1. The summed E-state index contributed by atoms with van der Waals surface area (Å²) in [6, 6.07) is 1.99. The topological polar surface area (TPSA) is 44.1 Å². The molecule has 0 saturated carbocycles. The molecule has 0 aliphatic carbocycles. The third-order valence-corrected chi connectivity index (χ3v) is 2.31. The summed E-state index contributed by atoms with van der Waals surface area (Å²) in [5, 5.41) is 8.48. The maximum atomic E-state index is 11.8. The van der Waals surface area contributed by atoms with Gasteiger partial charge in [-0.3, -0.25) is 4.79 Å². The van der Waals surface area contributed by atoms with Crippen LogP contribution in [0.15, 0.2) is 0 Å². The van der Waals surface area contributed by atoms with Crippen molar-refractivity contribution in [3.05, 3.63) is 0 Å². The molecule has 3 heteroatoms. The molecule has 0 spiro atoms. The zero-order valence-corrected chi connectivity index (χ0v) is 9.42. The molecule has 0 rings (SSSR count). The Hall–Kier alpha value is -1.04. The summed E-state index contributed by atoms with van der Waals surface area (Å²) in [7, 11) is 1.70. The monoisotopic (exact) mass is 196 g/mol. The van der Waals surface area contributed by atoms with Crippen molar-refractivity contribution in [3.63, 3.8) is 0 Å². The van der Waals surface area contributed by atoms with Crippen LogP contribution in [0.25, 0.3) is 0 Å². The van der Waals surface area contributed by atoms with Crippen LogP contribution in [0.4, 0.5) is 0 Å². The lowest BCUT2D eigenvalue weighted by molar-refractivity contribution is -0.134. The first-order chi connectivity index (χ1) is 6.67. The minimum absolute atomic E-state index is 0.114. The quantitative estimate of drug-likeness (QED) is 0.611. The van der Waals surface area contributed by atoms with Crippen LogP contribution in [-0.2, 0) is 4.79 Å². The van der Waals surface area contributed by atoms with Gasteiger partial charge in [-0.1, -0.05) is 26.7 Å². The van der Waals surface area contributed by atoms with Gasteiger partial charge in [-0.05, 0) is 12.8 Å². The van der Waals surface area contributed by atoms with Gasteiger partial charge in [0, 0.05) is 13.0 Å². The van der Waals surface area contributed by atoms with E-state index in [1.54, 1.807) is 7.05 Å². The van der Waals surface area contributed by atoms with Gasteiger partial charge in [0.1, 0.15) is 6.54 Å². The SMILES string of the molecule is CCCC(CCC)C(=O)N(C)CC#N. The minimum atomic E-state index is 0.114. The molecule has 0 aliphatic heterocycles. The van der Waals surface area contributed by atoms with E-state index in [2.05, 4.69) is 13.8 Å². The number of rotatable bonds is 6. The van der Waals surface area contributed by atoms with Gasteiger partial charge >= 0.3 is 0 Å². The number of hydrogen-bond donors (Lipinski definition) is 0. The zero-order chi connectivity index (χ0) is 11.0. The van der Waals surface area contributed by atoms with Crippen molar-refractivity contribution in [2.24, 2.45) is 5.92 Å². The lowest BCUT2D eigenvalue weighted by atomic mass is 9.97. The van der Waals surface area contributed by atoms with E-state index in [4.69, 9.17) is 5.26 Å². The fourth-order valence-electron chi connectivity index (χ4n) is 1.58. The Kier molecular flexibility index (Phi) is 6.82. The second kappa shape index (κ2) is 7.37. The first kappa shape index (κ1) is 13.0. The van der Waals surface area contributed by atoms with E-state index in [9.17, 15) is 4.79 Å². The molecule has 0 aliphatic rings. The van der Waals surface area contributed by atoms with Crippen molar-refractivity contribution in [3.8, 4) is 6.07 Å². The Morgan fingerprint density at radius 3 is 2.21 bits per heavy atom. The van der Waals surface area contributed by atoms with Gasteiger partial charge in [-0.2, -0.15) is 5.26 Å². The van der Waals surface area contributed by atoms with Crippen molar-refractivity contribution in [2.45, 2.75) is 39.5 Å². The van der Waals surface area contributed by atoms with Crippen LogP contribution >= 0.6 is 0 Å². The zero-order valence-electron chi connectivity index (χ0n) is 9.42. The van der Waals surface area contributed by atoms with Crippen LogP contribution < -0.4 is 0 Å². The van der Waals surface area contributed by atoms with Gasteiger partial charge in [-0.15, -0.1) is 0 Å². The van der Waals surface area contributed by atoms with Crippen LogP contribution in [0.3, 0.4) is 0 Å². The molecule has 80 valence electrons. The lowest BCUT2D eigenvalue weighted by Gasteiger charge is -2.20. The highest BCUT2D eigenvalue weighted by Crippen LogP contribution is 2.15. The Balaban J connectivity index is 4.20. The smallest absolute Gasteiger partial charge is 0.226 e. The van der Waals surface area contributed by atoms with Gasteiger partial charge in [0.2, 0.25) is 5.91 Å². The van der Waals surface area contributed by atoms with E-state index in [0.29, 0.717) is 0 Å². The van der Waals surface area contributed by atoms with Gasteiger partial charge in [-0.25, -0.2) is 0 Å². The molecule has 0 saturated heterocycles. The Morgan fingerprint density at radius 1 is 1.36 bits per heavy atom.